The summed E-state index contributed by atoms with van der Waals surface area (Å²) in [5.41, 5.74) is 5.74. The molecule has 1 atom stereocenters. The summed E-state index contributed by atoms with van der Waals surface area (Å²) in [4.78, 5) is 13.8. The van der Waals surface area contributed by atoms with Gasteiger partial charge in [0.2, 0.25) is 0 Å². The van der Waals surface area contributed by atoms with Crippen LogP contribution in [0.15, 0.2) is 12.1 Å². The van der Waals surface area contributed by atoms with Gasteiger partial charge in [0.1, 0.15) is 5.82 Å². The summed E-state index contributed by atoms with van der Waals surface area (Å²) in [5.74, 6) is 0.588. The Bertz CT molecular complexity index is 393. The van der Waals surface area contributed by atoms with Crippen molar-refractivity contribution in [1.29, 1.82) is 0 Å². The van der Waals surface area contributed by atoms with Gasteiger partial charge in [-0.15, -0.1) is 10.2 Å². The van der Waals surface area contributed by atoms with Gasteiger partial charge in [-0.3, -0.25) is 4.79 Å². The molecule has 1 aliphatic heterocycles. The minimum absolute atomic E-state index is 0.113. The fourth-order valence-corrected chi connectivity index (χ4v) is 2.05. The monoisotopic (exact) mass is 236 g/mol. The van der Waals surface area contributed by atoms with Gasteiger partial charge < -0.3 is 15.7 Å². The lowest BCUT2D eigenvalue weighted by Gasteiger charge is -2.15. The van der Waals surface area contributed by atoms with Crippen molar-refractivity contribution in [3.05, 3.63) is 17.8 Å². The van der Waals surface area contributed by atoms with Crippen LogP contribution in [0.5, 0.6) is 0 Å². The van der Waals surface area contributed by atoms with Gasteiger partial charge >= 0.3 is 0 Å². The lowest BCUT2D eigenvalue weighted by molar-refractivity contribution is 0.0778. The van der Waals surface area contributed by atoms with Crippen molar-refractivity contribution in [1.82, 2.24) is 15.1 Å². The van der Waals surface area contributed by atoms with E-state index >= 15 is 0 Å². The molecular formula is C11H16N4O2. The molecule has 0 radical (unpaired) electrons. The van der Waals surface area contributed by atoms with Crippen LogP contribution in [0.2, 0.25) is 0 Å². The van der Waals surface area contributed by atoms with Crippen molar-refractivity contribution in [2.24, 2.45) is 5.92 Å². The zero-order chi connectivity index (χ0) is 12.3. The number of nitrogens with two attached hydrogens (primary N) is 1. The van der Waals surface area contributed by atoms with Crippen molar-refractivity contribution in [3.8, 4) is 0 Å². The van der Waals surface area contributed by atoms with Crippen LogP contribution < -0.4 is 5.73 Å². The van der Waals surface area contributed by atoms with Crippen LogP contribution >= 0.6 is 0 Å². The number of anilines is 1. The summed E-state index contributed by atoms with van der Waals surface area (Å²) >= 11 is 0. The van der Waals surface area contributed by atoms with Crippen LogP contribution in [0.4, 0.5) is 5.82 Å². The highest BCUT2D eigenvalue weighted by Crippen LogP contribution is 2.20. The van der Waals surface area contributed by atoms with Crippen LogP contribution in [0.3, 0.4) is 0 Å². The van der Waals surface area contributed by atoms with Crippen molar-refractivity contribution in [2.75, 3.05) is 25.4 Å². The van der Waals surface area contributed by atoms with Gasteiger partial charge in [-0.05, 0) is 30.9 Å². The average molecular weight is 236 g/mol. The smallest absolute Gasteiger partial charge is 0.274 e. The predicted molar refractivity (Wildman–Crippen MR) is 62.2 cm³/mol. The molecule has 0 saturated carbocycles. The zero-order valence-electron chi connectivity index (χ0n) is 9.54. The van der Waals surface area contributed by atoms with Crippen LogP contribution in [-0.2, 0) is 0 Å². The second-order valence-corrected chi connectivity index (χ2v) is 4.26. The summed E-state index contributed by atoms with van der Waals surface area (Å²) in [6.07, 6.45) is 1.69. The van der Waals surface area contributed by atoms with E-state index in [1.807, 2.05) is 0 Å². The molecule has 0 spiro atoms. The van der Waals surface area contributed by atoms with Crippen LogP contribution in [0.1, 0.15) is 23.3 Å². The van der Waals surface area contributed by atoms with E-state index in [2.05, 4.69) is 10.2 Å². The van der Waals surface area contributed by atoms with E-state index in [-0.39, 0.29) is 12.5 Å². The van der Waals surface area contributed by atoms with E-state index in [1.165, 1.54) is 0 Å². The van der Waals surface area contributed by atoms with Crippen molar-refractivity contribution in [3.63, 3.8) is 0 Å². The molecule has 2 heterocycles. The fraction of sp³-hybridized carbons (Fsp3) is 0.545. The van der Waals surface area contributed by atoms with E-state index in [4.69, 9.17) is 10.8 Å². The summed E-state index contributed by atoms with van der Waals surface area (Å²) in [5, 5.41) is 16.3. The number of nitrogen functional groups attached to an aromatic ring is 1. The van der Waals surface area contributed by atoms with Crippen molar-refractivity contribution >= 4 is 11.7 Å². The molecule has 17 heavy (non-hydrogen) atoms. The number of hydrogen-bond acceptors (Lipinski definition) is 5. The number of aromatic nitrogens is 2. The molecule has 3 N–H and O–H groups in total. The number of carbonyl (C=O) groups excluding carboxylic acids is 1. The first-order valence-electron chi connectivity index (χ1n) is 5.70. The summed E-state index contributed by atoms with van der Waals surface area (Å²) in [7, 11) is 0. The molecule has 0 aromatic carbocycles. The normalized spacial score (nSPS) is 19.6. The number of amides is 1. The third-order valence-corrected chi connectivity index (χ3v) is 3.01. The molecule has 2 rings (SSSR count). The van der Waals surface area contributed by atoms with Crippen molar-refractivity contribution < 1.29 is 9.90 Å². The molecule has 0 bridgehead atoms. The van der Waals surface area contributed by atoms with E-state index in [0.717, 1.165) is 19.4 Å². The lowest BCUT2D eigenvalue weighted by Crippen LogP contribution is -2.29. The van der Waals surface area contributed by atoms with Gasteiger partial charge in [0.05, 0.1) is 0 Å². The second-order valence-electron chi connectivity index (χ2n) is 4.26. The molecule has 1 saturated heterocycles. The quantitative estimate of drug-likeness (QED) is 0.764. The maximum atomic E-state index is 12.0. The average Bonchev–Trinajstić information content (AvgIpc) is 2.78. The van der Waals surface area contributed by atoms with Crippen molar-refractivity contribution in [2.45, 2.75) is 12.8 Å². The second kappa shape index (κ2) is 5.09. The standard InChI is InChI=1S/C11H16N4O2/c12-10-2-1-9(13-14-10)11(17)15-5-3-8(7-15)4-6-16/h1-2,8,16H,3-7H2,(H2,12,14). The van der Waals surface area contributed by atoms with E-state index in [0.29, 0.717) is 24.0 Å². The Hall–Kier alpha value is -1.69. The number of aliphatic hydroxyl groups is 1. The molecule has 6 heteroatoms. The Kier molecular flexibility index (Phi) is 3.53. The molecule has 1 amide bonds. The highest BCUT2D eigenvalue weighted by Gasteiger charge is 2.27. The Morgan fingerprint density at radius 2 is 2.35 bits per heavy atom. The molecular weight excluding hydrogens is 220 g/mol. The Morgan fingerprint density at radius 3 is 3.00 bits per heavy atom. The third-order valence-electron chi connectivity index (χ3n) is 3.01. The molecule has 6 nitrogen and oxygen atoms in total. The molecule has 1 fully saturated rings. The highest BCUT2D eigenvalue weighted by atomic mass is 16.3. The number of nitrogens with zero attached hydrogens (tertiary/aromatic N) is 3. The van der Waals surface area contributed by atoms with E-state index < -0.39 is 0 Å². The third kappa shape index (κ3) is 2.71. The SMILES string of the molecule is Nc1ccc(C(=O)N2CCC(CCO)C2)nn1. The first kappa shape index (κ1) is 11.8. The first-order chi connectivity index (χ1) is 8.20. The minimum Gasteiger partial charge on any atom is -0.396 e. The number of rotatable bonds is 3. The van der Waals surface area contributed by atoms with Gasteiger partial charge in [-0.1, -0.05) is 0 Å². The molecule has 0 aliphatic carbocycles. The minimum atomic E-state index is -0.113. The maximum absolute atomic E-state index is 12.0. The number of likely N-dealkylation sites (tertiary alicyclic amines) is 1. The first-order valence-corrected chi connectivity index (χ1v) is 5.70. The predicted octanol–water partition coefficient (Wildman–Crippen LogP) is -0.0967. The van der Waals surface area contributed by atoms with E-state index in [1.54, 1.807) is 17.0 Å². The van der Waals surface area contributed by atoms with Crippen LogP contribution in [0, 0.1) is 5.92 Å². The number of aliphatic hydroxyl groups excluding tert-OH is 1. The number of carbonyl (C=O) groups is 1. The van der Waals surface area contributed by atoms with E-state index in [9.17, 15) is 4.79 Å². The van der Waals surface area contributed by atoms with Crippen LogP contribution in [0.25, 0.3) is 0 Å². The zero-order valence-corrected chi connectivity index (χ0v) is 9.54. The topological polar surface area (TPSA) is 92.3 Å². The molecule has 1 aromatic rings. The summed E-state index contributed by atoms with van der Waals surface area (Å²) in [6.45, 7) is 1.58. The highest BCUT2D eigenvalue weighted by molar-refractivity contribution is 5.92. The molecule has 1 aromatic heterocycles. The molecule has 92 valence electrons. The Balaban J connectivity index is 1.99. The Morgan fingerprint density at radius 1 is 1.53 bits per heavy atom. The van der Waals surface area contributed by atoms with Gasteiger partial charge in [-0.2, -0.15) is 0 Å². The van der Waals surface area contributed by atoms with Gasteiger partial charge in [-0.25, -0.2) is 0 Å². The number of hydrogen-bond donors (Lipinski definition) is 2. The lowest BCUT2D eigenvalue weighted by atomic mass is 10.1. The maximum Gasteiger partial charge on any atom is 0.274 e. The summed E-state index contributed by atoms with van der Waals surface area (Å²) < 4.78 is 0. The Labute approximate surface area is 99.4 Å². The van der Waals surface area contributed by atoms with Crippen LogP contribution in [-0.4, -0.2) is 45.8 Å². The molecule has 1 unspecified atom stereocenters. The summed E-state index contributed by atoms with van der Waals surface area (Å²) in [6, 6.07) is 3.16. The largest absolute Gasteiger partial charge is 0.396 e. The van der Waals surface area contributed by atoms with Gasteiger partial charge in [0.25, 0.3) is 5.91 Å². The van der Waals surface area contributed by atoms with Gasteiger partial charge in [0, 0.05) is 19.7 Å². The van der Waals surface area contributed by atoms with Gasteiger partial charge in [0.15, 0.2) is 5.69 Å². The molecule has 1 aliphatic rings. The fourth-order valence-electron chi connectivity index (χ4n) is 2.05.